The van der Waals surface area contributed by atoms with Gasteiger partial charge in [0.05, 0.1) is 0 Å². The lowest BCUT2D eigenvalue weighted by Crippen LogP contribution is -2.41. The van der Waals surface area contributed by atoms with Gasteiger partial charge in [-0.1, -0.05) is 6.92 Å². The van der Waals surface area contributed by atoms with Gasteiger partial charge < -0.3 is 10.6 Å². The summed E-state index contributed by atoms with van der Waals surface area (Å²) in [6.45, 7) is 3.30. The number of primary amides is 1. The molecule has 2 N–H and O–H groups in total. The molecule has 0 unspecified atom stereocenters. The lowest BCUT2D eigenvalue weighted by molar-refractivity contribution is -0.119. The zero-order chi connectivity index (χ0) is 10.6. The molecule has 4 heteroatoms. The topological polar surface area (TPSA) is 63.4 Å². The third-order valence-electron chi connectivity index (χ3n) is 2.84. The SMILES string of the molecule is CCC(=O)CC1CCN(C(N)=O)CC1. The molecular weight excluding hydrogens is 180 g/mol. The van der Waals surface area contributed by atoms with E-state index in [9.17, 15) is 9.59 Å². The Labute approximate surface area is 84.4 Å². The van der Waals surface area contributed by atoms with Crippen LogP contribution in [0, 0.1) is 5.92 Å². The number of amides is 2. The molecule has 0 spiro atoms. The second-order valence-corrected chi connectivity index (χ2v) is 3.87. The summed E-state index contributed by atoms with van der Waals surface area (Å²) in [4.78, 5) is 23.7. The minimum Gasteiger partial charge on any atom is -0.351 e. The summed E-state index contributed by atoms with van der Waals surface area (Å²) in [6.07, 6.45) is 3.11. The van der Waals surface area contributed by atoms with E-state index in [4.69, 9.17) is 5.73 Å². The van der Waals surface area contributed by atoms with Crippen LogP contribution in [0.25, 0.3) is 0 Å². The van der Waals surface area contributed by atoms with Gasteiger partial charge in [0, 0.05) is 25.9 Å². The van der Waals surface area contributed by atoms with Gasteiger partial charge in [-0.15, -0.1) is 0 Å². The predicted octanol–water partition coefficient (Wildman–Crippen LogP) is 1.15. The zero-order valence-electron chi connectivity index (χ0n) is 8.66. The van der Waals surface area contributed by atoms with E-state index in [2.05, 4.69) is 0 Å². The Hall–Kier alpha value is -1.06. The zero-order valence-corrected chi connectivity index (χ0v) is 8.66. The van der Waals surface area contributed by atoms with Gasteiger partial charge in [0.1, 0.15) is 5.78 Å². The predicted molar refractivity (Wildman–Crippen MR) is 53.8 cm³/mol. The van der Waals surface area contributed by atoms with E-state index in [0.717, 1.165) is 12.8 Å². The average molecular weight is 198 g/mol. The molecule has 14 heavy (non-hydrogen) atoms. The molecule has 1 saturated heterocycles. The van der Waals surface area contributed by atoms with Gasteiger partial charge in [-0.05, 0) is 18.8 Å². The van der Waals surface area contributed by atoms with Crippen molar-refractivity contribution < 1.29 is 9.59 Å². The molecule has 1 aliphatic heterocycles. The first-order valence-electron chi connectivity index (χ1n) is 5.19. The largest absolute Gasteiger partial charge is 0.351 e. The highest BCUT2D eigenvalue weighted by molar-refractivity contribution is 5.78. The molecule has 0 aromatic heterocycles. The number of rotatable bonds is 3. The Morgan fingerprint density at radius 2 is 1.93 bits per heavy atom. The Morgan fingerprint density at radius 1 is 1.36 bits per heavy atom. The molecule has 0 aromatic rings. The van der Waals surface area contributed by atoms with E-state index in [1.54, 1.807) is 4.90 Å². The Bertz CT molecular complexity index is 220. The highest BCUT2D eigenvalue weighted by Gasteiger charge is 2.22. The number of ketones is 1. The van der Waals surface area contributed by atoms with E-state index < -0.39 is 0 Å². The molecule has 4 nitrogen and oxygen atoms in total. The summed E-state index contributed by atoms with van der Waals surface area (Å²) in [5.41, 5.74) is 5.16. The second kappa shape index (κ2) is 4.98. The molecular formula is C10H18N2O2. The van der Waals surface area contributed by atoms with Crippen LogP contribution in [0.15, 0.2) is 0 Å². The fraction of sp³-hybridized carbons (Fsp3) is 0.800. The fourth-order valence-electron chi connectivity index (χ4n) is 1.82. The number of nitrogens with zero attached hydrogens (tertiary/aromatic N) is 1. The van der Waals surface area contributed by atoms with E-state index in [1.807, 2.05) is 6.92 Å². The molecule has 0 atom stereocenters. The van der Waals surface area contributed by atoms with Gasteiger partial charge in [-0.2, -0.15) is 0 Å². The number of hydrogen-bond acceptors (Lipinski definition) is 2. The first-order valence-corrected chi connectivity index (χ1v) is 5.19. The maximum atomic E-state index is 11.2. The standard InChI is InChI=1S/C10H18N2O2/c1-2-9(13)7-8-3-5-12(6-4-8)10(11)14/h8H,2-7H2,1H3,(H2,11,14). The molecule has 2 amide bonds. The highest BCUT2D eigenvalue weighted by Crippen LogP contribution is 2.20. The van der Waals surface area contributed by atoms with Crippen LogP contribution in [-0.4, -0.2) is 29.8 Å². The van der Waals surface area contributed by atoms with E-state index >= 15 is 0 Å². The summed E-state index contributed by atoms with van der Waals surface area (Å²) in [6, 6.07) is -0.342. The normalized spacial score (nSPS) is 18.2. The van der Waals surface area contributed by atoms with E-state index in [0.29, 0.717) is 37.6 Å². The number of piperidine rings is 1. The number of carbonyl (C=O) groups excluding carboxylic acids is 2. The summed E-state index contributed by atoms with van der Waals surface area (Å²) < 4.78 is 0. The molecule has 0 aromatic carbocycles. The third kappa shape index (κ3) is 3.01. The average Bonchev–Trinajstić information content (AvgIpc) is 2.18. The molecule has 80 valence electrons. The number of hydrogen-bond donors (Lipinski definition) is 1. The van der Waals surface area contributed by atoms with Gasteiger partial charge >= 0.3 is 6.03 Å². The molecule has 1 aliphatic rings. The molecule has 0 saturated carbocycles. The van der Waals surface area contributed by atoms with Gasteiger partial charge in [-0.25, -0.2) is 4.79 Å². The molecule has 1 rings (SSSR count). The monoisotopic (exact) mass is 198 g/mol. The highest BCUT2D eigenvalue weighted by atomic mass is 16.2. The van der Waals surface area contributed by atoms with Crippen molar-refractivity contribution >= 4 is 11.8 Å². The van der Waals surface area contributed by atoms with Crippen LogP contribution in [0.4, 0.5) is 4.79 Å². The van der Waals surface area contributed by atoms with Crippen LogP contribution in [0.3, 0.4) is 0 Å². The Morgan fingerprint density at radius 3 is 2.36 bits per heavy atom. The van der Waals surface area contributed by atoms with Crippen LogP contribution < -0.4 is 5.73 Å². The maximum absolute atomic E-state index is 11.2. The van der Waals surface area contributed by atoms with Gasteiger partial charge in [0.15, 0.2) is 0 Å². The quantitative estimate of drug-likeness (QED) is 0.739. The minimum atomic E-state index is -0.342. The fourth-order valence-corrected chi connectivity index (χ4v) is 1.82. The van der Waals surface area contributed by atoms with Crippen molar-refractivity contribution in [3.63, 3.8) is 0 Å². The second-order valence-electron chi connectivity index (χ2n) is 3.87. The number of likely N-dealkylation sites (tertiary alicyclic amines) is 1. The lowest BCUT2D eigenvalue weighted by Gasteiger charge is -2.30. The van der Waals surface area contributed by atoms with E-state index in [1.165, 1.54) is 0 Å². The Kier molecular flexibility index (Phi) is 3.92. The van der Waals surface area contributed by atoms with Crippen LogP contribution in [-0.2, 0) is 4.79 Å². The summed E-state index contributed by atoms with van der Waals surface area (Å²) in [5.74, 6) is 0.778. The molecule has 0 bridgehead atoms. The maximum Gasteiger partial charge on any atom is 0.314 e. The van der Waals surface area contributed by atoms with Crippen LogP contribution in [0.2, 0.25) is 0 Å². The van der Waals surface area contributed by atoms with Crippen molar-refractivity contribution in [3.8, 4) is 0 Å². The summed E-state index contributed by atoms with van der Waals surface area (Å²) in [7, 11) is 0. The number of nitrogens with two attached hydrogens (primary N) is 1. The smallest absolute Gasteiger partial charge is 0.314 e. The van der Waals surface area contributed by atoms with Gasteiger partial charge in [0.2, 0.25) is 0 Å². The Balaban J connectivity index is 2.29. The minimum absolute atomic E-state index is 0.322. The lowest BCUT2D eigenvalue weighted by atomic mass is 9.91. The van der Waals surface area contributed by atoms with Crippen molar-refractivity contribution in [2.75, 3.05) is 13.1 Å². The molecule has 1 heterocycles. The molecule has 0 aliphatic carbocycles. The van der Waals surface area contributed by atoms with Gasteiger partial charge in [0.25, 0.3) is 0 Å². The summed E-state index contributed by atoms with van der Waals surface area (Å²) in [5, 5.41) is 0. The van der Waals surface area contributed by atoms with Crippen molar-refractivity contribution in [1.29, 1.82) is 0 Å². The van der Waals surface area contributed by atoms with Crippen molar-refractivity contribution in [2.24, 2.45) is 11.7 Å². The molecule has 0 radical (unpaired) electrons. The van der Waals surface area contributed by atoms with Gasteiger partial charge in [-0.3, -0.25) is 4.79 Å². The number of Topliss-reactive ketones (excluding diaryl/α,β-unsaturated/α-hetero) is 1. The van der Waals surface area contributed by atoms with Crippen molar-refractivity contribution in [3.05, 3.63) is 0 Å². The van der Waals surface area contributed by atoms with Crippen molar-refractivity contribution in [2.45, 2.75) is 32.6 Å². The van der Waals surface area contributed by atoms with Crippen LogP contribution in [0.5, 0.6) is 0 Å². The number of urea groups is 1. The van der Waals surface area contributed by atoms with E-state index in [-0.39, 0.29) is 6.03 Å². The van der Waals surface area contributed by atoms with Crippen LogP contribution >= 0.6 is 0 Å². The first-order chi connectivity index (χ1) is 6.63. The molecule has 1 fully saturated rings. The number of carbonyl (C=O) groups is 2. The van der Waals surface area contributed by atoms with Crippen molar-refractivity contribution in [1.82, 2.24) is 4.90 Å². The third-order valence-corrected chi connectivity index (χ3v) is 2.84. The van der Waals surface area contributed by atoms with Crippen LogP contribution in [0.1, 0.15) is 32.6 Å². The summed E-state index contributed by atoms with van der Waals surface area (Å²) >= 11 is 0. The first kappa shape index (κ1) is 11.0.